The normalized spacial score (nSPS) is 11.0. The van der Waals surface area contributed by atoms with Crippen LogP contribution in [-0.4, -0.2) is 69.5 Å². The van der Waals surface area contributed by atoms with Crippen LogP contribution in [0.4, 0.5) is 0 Å². The van der Waals surface area contributed by atoms with Gasteiger partial charge in [0.2, 0.25) is 0 Å². The van der Waals surface area contributed by atoms with Crippen molar-refractivity contribution in [3.8, 4) is 22.6 Å². The fraction of sp³-hybridized carbons (Fsp3) is 0. The molecule has 119 valence electrons. The van der Waals surface area contributed by atoms with Crippen LogP contribution in [0.2, 0.25) is 0 Å². The predicted molar refractivity (Wildman–Crippen MR) is 87.5 cm³/mol. The molecular weight excluding hydrogens is 363 g/mol. The third kappa shape index (κ3) is 4.25. The summed E-state index contributed by atoms with van der Waals surface area (Å²) >= 11 is 0. The van der Waals surface area contributed by atoms with Crippen molar-refractivity contribution in [3.05, 3.63) is 59.0 Å². The number of phenolic OH excluding ortho intramolecular Hbond substituents is 1. The van der Waals surface area contributed by atoms with E-state index < -0.39 is 10.4 Å². The van der Waals surface area contributed by atoms with Crippen LogP contribution in [0.15, 0.2) is 57.9 Å². The fourth-order valence-electron chi connectivity index (χ4n) is 2.12. The van der Waals surface area contributed by atoms with Gasteiger partial charge in [0, 0.05) is 57.5 Å². The van der Waals surface area contributed by atoms with Crippen LogP contribution in [-0.2, 0) is 10.4 Å². The summed E-state index contributed by atoms with van der Waals surface area (Å²) in [6.45, 7) is 0. The van der Waals surface area contributed by atoms with Crippen molar-refractivity contribution in [1.29, 1.82) is 0 Å². The van der Waals surface area contributed by atoms with Crippen LogP contribution in [0.25, 0.3) is 22.1 Å². The summed E-state index contributed by atoms with van der Waals surface area (Å²) in [6, 6.07) is 9.79. The minimum absolute atomic E-state index is 0. The summed E-state index contributed by atoms with van der Waals surface area (Å²) in [7, 11) is -4.65. The van der Waals surface area contributed by atoms with Crippen molar-refractivity contribution in [2.24, 2.45) is 0 Å². The van der Waals surface area contributed by atoms with Crippen molar-refractivity contribution >= 4 is 72.8 Å². The van der Waals surface area contributed by atoms with E-state index >= 15 is 0 Å². The van der Waals surface area contributed by atoms with Crippen LogP contribution >= 0.6 is 0 Å². The maximum atomic E-state index is 12.5. The van der Waals surface area contributed by atoms with Gasteiger partial charge in [-0.05, 0) is 29.8 Å². The Balaban J connectivity index is 0.00000208. The van der Waals surface area contributed by atoms with Crippen molar-refractivity contribution < 1.29 is 26.7 Å². The Labute approximate surface area is 179 Å². The summed E-state index contributed by atoms with van der Waals surface area (Å²) in [5.41, 5.74) is 0.645. The van der Waals surface area contributed by atoms with E-state index in [1.54, 1.807) is 12.1 Å². The first kappa shape index (κ1) is 19.1. The molecule has 0 aliphatic carbocycles. The Morgan fingerprint density at radius 3 is 2.33 bits per heavy atom. The molecule has 7 nitrogen and oxygen atoms in total. The first-order valence-electron chi connectivity index (χ1n) is 6.35. The van der Waals surface area contributed by atoms with Crippen LogP contribution in [0.5, 0.6) is 11.5 Å². The molecular formula is C15H10KO7S. The van der Waals surface area contributed by atoms with E-state index in [1.165, 1.54) is 36.6 Å². The molecule has 3 aromatic rings. The molecule has 0 saturated heterocycles. The topological polar surface area (TPSA) is 114 Å². The molecule has 3 rings (SSSR count). The van der Waals surface area contributed by atoms with E-state index in [-0.39, 0.29) is 79.3 Å². The second-order valence-corrected chi connectivity index (χ2v) is 5.72. The van der Waals surface area contributed by atoms with Gasteiger partial charge in [-0.15, -0.1) is 0 Å². The van der Waals surface area contributed by atoms with Crippen LogP contribution in [0.3, 0.4) is 0 Å². The summed E-state index contributed by atoms with van der Waals surface area (Å²) in [4.78, 5) is 12.5. The van der Waals surface area contributed by atoms with Gasteiger partial charge in [0.1, 0.15) is 23.3 Å². The van der Waals surface area contributed by atoms with Gasteiger partial charge in [0.25, 0.3) is 0 Å². The molecule has 1 aromatic heterocycles. The molecule has 24 heavy (non-hydrogen) atoms. The number of rotatable bonds is 3. The number of phenols is 1. The zero-order valence-corrected chi connectivity index (χ0v) is 16.4. The van der Waals surface area contributed by atoms with E-state index in [1.807, 2.05) is 0 Å². The molecule has 0 spiro atoms. The molecule has 2 aromatic carbocycles. The molecule has 9 heteroatoms. The quantitative estimate of drug-likeness (QED) is 0.533. The van der Waals surface area contributed by atoms with Crippen LogP contribution in [0.1, 0.15) is 0 Å². The molecule has 1 heterocycles. The first-order valence-corrected chi connectivity index (χ1v) is 7.72. The zero-order chi connectivity index (χ0) is 16.6. The molecule has 0 atom stereocenters. The molecule has 1 radical (unpaired) electrons. The monoisotopic (exact) mass is 373 g/mol. The Morgan fingerprint density at radius 2 is 1.71 bits per heavy atom. The van der Waals surface area contributed by atoms with Gasteiger partial charge in [-0.2, -0.15) is 8.42 Å². The van der Waals surface area contributed by atoms with Gasteiger partial charge in [-0.1, -0.05) is 12.1 Å². The van der Waals surface area contributed by atoms with Gasteiger partial charge >= 0.3 is 10.4 Å². The van der Waals surface area contributed by atoms with Crippen molar-refractivity contribution in [3.63, 3.8) is 0 Å². The second-order valence-electron chi connectivity index (χ2n) is 4.69. The predicted octanol–water partition coefficient (Wildman–Crippen LogP) is 1.97. The van der Waals surface area contributed by atoms with Crippen LogP contribution in [0, 0.1) is 0 Å². The number of fused-ring (bicyclic) bond motifs is 1. The molecule has 0 aliphatic heterocycles. The molecule has 0 bridgehead atoms. The summed E-state index contributed by atoms with van der Waals surface area (Å²) < 4.78 is 39.7. The average Bonchev–Trinajstić information content (AvgIpc) is 2.47. The Bertz CT molecular complexity index is 1040. The fourth-order valence-corrected chi connectivity index (χ4v) is 2.47. The zero-order valence-electron chi connectivity index (χ0n) is 12.5. The summed E-state index contributed by atoms with van der Waals surface area (Å²) in [5.74, 6) is -0.105. The number of hydrogen-bond donors (Lipinski definition) is 2. The van der Waals surface area contributed by atoms with Gasteiger partial charge in [0.15, 0.2) is 5.43 Å². The molecule has 0 unspecified atom stereocenters. The standard InChI is InChI=1S/C15H10O7S.K/c16-10-3-1-9(2-4-10)13-8-21-14-7-11(22-23(18,19)20)5-6-12(14)15(13)17;/h1-8,16H,(H,18,19,20);. The van der Waals surface area contributed by atoms with Gasteiger partial charge in [-0.3, -0.25) is 9.35 Å². The molecule has 0 amide bonds. The molecule has 0 fully saturated rings. The molecule has 0 saturated carbocycles. The minimum atomic E-state index is -4.65. The van der Waals surface area contributed by atoms with Crippen molar-refractivity contribution in [2.75, 3.05) is 0 Å². The third-order valence-corrected chi connectivity index (χ3v) is 3.53. The van der Waals surface area contributed by atoms with E-state index in [0.717, 1.165) is 0 Å². The largest absolute Gasteiger partial charge is 0.508 e. The first-order chi connectivity index (χ1) is 10.8. The maximum absolute atomic E-state index is 12.5. The Kier molecular flexibility index (Phi) is 5.86. The molecule has 2 N–H and O–H groups in total. The van der Waals surface area contributed by atoms with E-state index in [0.29, 0.717) is 11.1 Å². The minimum Gasteiger partial charge on any atom is -0.508 e. The van der Waals surface area contributed by atoms with Crippen molar-refractivity contribution in [1.82, 2.24) is 0 Å². The van der Waals surface area contributed by atoms with E-state index in [9.17, 15) is 18.3 Å². The van der Waals surface area contributed by atoms with Crippen molar-refractivity contribution in [2.45, 2.75) is 0 Å². The number of aromatic hydroxyl groups is 1. The Morgan fingerprint density at radius 1 is 1.04 bits per heavy atom. The SMILES string of the molecule is O=c1c(-c2ccc(O)cc2)coc2cc(OS(=O)(=O)O)ccc12.[K]. The van der Waals surface area contributed by atoms with Gasteiger partial charge in [-0.25, -0.2) is 0 Å². The summed E-state index contributed by atoms with van der Waals surface area (Å²) in [6.07, 6.45) is 1.23. The average molecular weight is 373 g/mol. The second kappa shape index (κ2) is 7.36. The number of hydrogen-bond acceptors (Lipinski definition) is 6. The Hall–Kier alpha value is -1.20. The van der Waals surface area contributed by atoms with E-state index in [4.69, 9.17) is 8.97 Å². The summed E-state index contributed by atoms with van der Waals surface area (Å²) in [5, 5.41) is 9.50. The third-order valence-electron chi connectivity index (χ3n) is 3.13. The van der Waals surface area contributed by atoms with E-state index in [2.05, 4.69) is 4.18 Å². The van der Waals surface area contributed by atoms with Gasteiger partial charge < -0.3 is 13.7 Å². The maximum Gasteiger partial charge on any atom is 0.446 e. The molecule has 0 aliphatic rings. The van der Waals surface area contributed by atoms with Crippen LogP contribution < -0.4 is 9.61 Å². The smallest absolute Gasteiger partial charge is 0.446 e. The number of benzene rings is 2. The van der Waals surface area contributed by atoms with Gasteiger partial charge in [0.05, 0.1) is 10.9 Å².